The number of carboxylic acid groups (broad SMARTS) is 1. The largest absolute Gasteiger partial charge is 0.481 e. The van der Waals surface area contributed by atoms with E-state index in [1.54, 1.807) is 0 Å². The third-order valence-corrected chi connectivity index (χ3v) is 4.12. The standard InChI is InChI=1S/C14H25NO3/c1-4-14(2,3)9-15-12(16)10-7-5-6-8-11(10)13(17)18/h10-11H,4-9H2,1-3H3,(H,15,16)(H,17,18)/t10-,11+/m1/s1. The summed E-state index contributed by atoms with van der Waals surface area (Å²) in [6.45, 7) is 6.91. The number of carbonyl (C=O) groups is 2. The van der Waals surface area contributed by atoms with Gasteiger partial charge in [0.1, 0.15) is 0 Å². The summed E-state index contributed by atoms with van der Waals surface area (Å²) < 4.78 is 0. The van der Waals surface area contributed by atoms with Gasteiger partial charge in [0.15, 0.2) is 0 Å². The maximum absolute atomic E-state index is 12.1. The van der Waals surface area contributed by atoms with Crippen molar-refractivity contribution >= 4 is 11.9 Å². The molecule has 0 aliphatic heterocycles. The molecule has 104 valence electrons. The van der Waals surface area contributed by atoms with Crippen LogP contribution in [0.2, 0.25) is 0 Å². The van der Waals surface area contributed by atoms with Gasteiger partial charge in [-0.15, -0.1) is 0 Å². The van der Waals surface area contributed by atoms with Gasteiger partial charge in [0, 0.05) is 6.54 Å². The van der Waals surface area contributed by atoms with Gasteiger partial charge in [-0.1, -0.05) is 33.6 Å². The minimum absolute atomic E-state index is 0.0725. The van der Waals surface area contributed by atoms with E-state index in [9.17, 15) is 9.59 Å². The molecule has 0 radical (unpaired) electrons. The summed E-state index contributed by atoms with van der Waals surface area (Å²) in [5, 5.41) is 12.1. The van der Waals surface area contributed by atoms with Crippen LogP contribution in [0.1, 0.15) is 52.9 Å². The molecule has 2 N–H and O–H groups in total. The van der Waals surface area contributed by atoms with E-state index in [2.05, 4.69) is 26.1 Å². The van der Waals surface area contributed by atoms with Crippen molar-refractivity contribution in [3.8, 4) is 0 Å². The van der Waals surface area contributed by atoms with Crippen LogP contribution in [-0.2, 0) is 9.59 Å². The lowest BCUT2D eigenvalue weighted by Crippen LogP contribution is -2.42. The second kappa shape index (κ2) is 6.21. The van der Waals surface area contributed by atoms with Gasteiger partial charge in [-0.25, -0.2) is 0 Å². The summed E-state index contributed by atoms with van der Waals surface area (Å²) in [5.74, 6) is -1.75. The van der Waals surface area contributed by atoms with Crippen molar-refractivity contribution in [1.82, 2.24) is 5.32 Å². The zero-order valence-corrected chi connectivity index (χ0v) is 11.7. The Balaban J connectivity index is 2.56. The molecule has 1 aliphatic rings. The Hall–Kier alpha value is -1.06. The molecule has 1 saturated carbocycles. The van der Waals surface area contributed by atoms with Gasteiger partial charge in [0.2, 0.25) is 5.91 Å². The molecule has 0 aromatic heterocycles. The first kappa shape index (κ1) is 15.0. The lowest BCUT2D eigenvalue weighted by atomic mass is 9.78. The van der Waals surface area contributed by atoms with Gasteiger partial charge in [-0.3, -0.25) is 9.59 Å². The molecule has 0 spiro atoms. The molecule has 0 aromatic rings. The SMILES string of the molecule is CCC(C)(C)CNC(=O)[C@@H]1CCCC[C@@H]1C(=O)O. The van der Waals surface area contributed by atoms with Crippen molar-refractivity contribution in [2.45, 2.75) is 52.9 Å². The maximum Gasteiger partial charge on any atom is 0.307 e. The fraction of sp³-hybridized carbons (Fsp3) is 0.857. The molecule has 0 bridgehead atoms. The fourth-order valence-electron chi connectivity index (χ4n) is 2.32. The number of nitrogens with one attached hydrogen (secondary N) is 1. The van der Waals surface area contributed by atoms with E-state index in [0.29, 0.717) is 19.4 Å². The Morgan fingerprint density at radius 2 is 1.78 bits per heavy atom. The van der Waals surface area contributed by atoms with Crippen LogP contribution in [-0.4, -0.2) is 23.5 Å². The van der Waals surface area contributed by atoms with Crippen LogP contribution in [0.4, 0.5) is 0 Å². The second-order valence-corrected chi connectivity index (χ2v) is 6.07. The predicted molar refractivity (Wildman–Crippen MR) is 70.2 cm³/mol. The Morgan fingerprint density at radius 3 is 2.28 bits per heavy atom. The Bertz CT molecular complexity index is 312. The Labute approximate surface area is 109 Å². The monoisotopic (exact) mass is 255 g/mol. The van der Waals surface area contributed by atoms with E-state index in [1.807, 2.05) is 0 Å². The third kappa shape index (κ3) is 4.00. The Kier molecular flexibility index (Phi) is 5.17. The van der Waals surface area contributed by atoms with Gasteiger partial charge < -0.3 is 10.4 Å². The van der Waals surface area contributed by atoms with E-state index in [-0.39, 0.29) is 17.2 Å². The summed E-state index contributed by atoms with van der Waals surface area (Å²) in [4.78, 5) is 23.2. The molecule has 1 amide bonds. The van der Waals surface area contributed by atoms with E-state index >= 15 is 0 Å². The zero-order chi connectivity index (χ0) is 13.8. The van der Waals surface area contributed by atoms with E-state index in [1.165, 1.54) is 0 Å². The number of amides is 1. The minimum atomic E-state index is -0.829. The van der Waals surface area contributed by atoms with Crippen LogP contribution in [0, 0.1) is 17.3 Å². The van der Waals surface area contributed by atoms with Crippen LogP contribution in [0.3, 0.4) is 0 Å². The van der Waals surface area contributed by atoms with Crippen LogP contribution >= 0.6 is 0 Å². The van der Waals surface area contributed by atoms with Crippen LogP contribution in [0.15, 0.2) is 0 Å². The molecule has 18 heavy (non-hydrogen) atoms. The molecule has 1 fully saturated rings. The topological polar surface area (TPSA) is 66.4 Å². The molecule has 0 saturated heterocycles. The molecular formula is C14H25NO3. The van der Waals surface area contributed by atoms with Crippen molar-refractivity contribution in [2.75, 3.05) is 6.54 Å². The number of hydrogen-bond donors (Lipinski definition) is 2. The van der Waals surface area contributed by atoms with Crippen molar-refractivity contribution in [1.29, 1.82) is 0 Å². The second-order valence-electron chi connectivity index (χ2n) is 6.07. The first-order chi connectivity index (χ1) is 8.37. The average molecular weight is 255 g/mol. The van der Waals surface area contributed by atoms with Gasteiger partial charge >= 0.3 is 5.97 Å². The van der Waals surface area contributed by atoms with Crippen molar-refractivity contribution in [2.24, 2.45) is 17.3 Å². The normalized spacial score (nSPS) is 24.6. The molecule has 0 unspecified atom stereocenters. The third-order valence-electron chi connectivity index (χ3n) is 4.12. The van der Waals surface area contributed by atoms with Crippen LogP contribution in [0.25, 0.3) is 0 Å². The lowest BCUT2D eigenvalue weighted by Gasteiger charge is -2.29. The van der Waals surface area contributed by atoms with Crippen molar-refractivity contribution in [3.05, 3.63) is 0 Å². The van der Waals surface area contributed by atoms with Gasteiger partial charge in [-0.05, 0) is 24.7 Å². The molecule has 0 aromatic carbocycles. The fourth-order valence-corrected chi connectivity index (χ4v) is 2.32. The maximum atomic E-state index is 12.1. The van der Waals surface area contributed by atoms with E-state index < -0.39 is 11.9 Å². The molecule has 4 nitrogen and oxygen atoms in total. The molecule has 2 atom stereocenters. The quantitative estimate of drug-likeness (QED) is 0.793. The lowest BCUT2D eigenvalue weighted by molar-refractivity contribution is -0.149. The minimum Gasteiger partial charge on any atom is -0.481 e. The number of rotatable bonds is 5. The van der Waals surface area contributed by atoms with Crippen LogP contribution < -0.4 is 5.32 Å². The molecule has 1 aliphatic carbocycles. The highest BCUT2D eigenvalue weighted by atomic mass is 16.4. The first-order valence-electron chi connectivity index (χ1n) is 6.88. The van der Waals surface area contributed by atoms with Crippen molar-refractivity contribution < 1.29 is 14.7 Å². The number of carbonyl (C=O) groups excluding carboxylic acids is 1. The molecular weight excluding hydrogens is 230 g/mol. The predicted octanol–water partition coefficient (Wildman–Crippen LogP) is 2.43. The summed E-state index contributed by atoms with van der Waals surface area (Å²) in [6.07, 6.45) is 4.19. The zero-order valence-electron chi connectivity index (χ0n) is 11.7. The Morgan fingerprint density at radius 1 is 1.22 bits per heavy atom. The van der Waals surface area contributed by atoms with E-state index in [4.69, 9.17) is 5.11 Å². The molecule has 4 heteroatoms. The average Bonchev–Trinajstić information content (AvgIpc) is 2.36. The smallest absolute Gasteiger partial charge is 0.307 e. The highest BCUT2D eigenvalue weighted by Crippen LogP contribution is 2.30. The number of hydrogen-bond acceptors (Lipinski definition) is 2. The number of carboxylic acids is 1. The summed E-state index contributed by atoms with van der Waals surface area (Å²) in [7, 11) is 0. The van der Waals surface area contributed by atoms with E-state index in [0.717, 1.165) is 19.3 Å². The number of aliphatic carboxylic acids is 1. The van der Waals surface area contributed by atoms with Gasteiger partial charge in [-0.2, -0.15) is 0 Å². The summed E-state index contributed by atoms with van der Waals surface area (Å²) in [5.41, 5.74) is 0.0725. The summed E-state index contributed by atoms with van der Waals surface area (Å²) in [6, 6.07) is 0. The summed E-state index contributed by atoms with van der Waals surface area (Å²) >= 11 is 0. The molecule has 1 rings (SSSR count). The molecule has 0 heterocycles. The first-order valence-corrected chi connectivity index (χ1v) is 6.88. The van der Waals surface area contributed by atoms with Gasteiger partial charge in [0.05, 0.1) is 11.8 Å². The highest BCUT2D eigenvalue weighted by molar-refractivity contribution is 5.84. The van der Waals surface area contributed by atoms with Crippen molar-refractivity contribution in [3.63, 3.8) is 0 Å². The van der Waals surface area contributed by atoms with Crippen LogP contribution in [0.5, 0.6) is 0 Å². The highest BCUT2D eigenvalue weighted by Gasteiger charge is 2.35. The van der Waals surface area contributed by atoms with Gasteiger partial charge in [0.25, 0.3) is 0 Å².